The Bertz CT molecular complexity index is 653. The molecule has 0 radical (unpaired) electrons. The molecule has 110 valence electrons. The number of aromatic carboxylic acids is 1. The molecule has 0 spiro atoms. The molecule has 21 heavy (non-hydrogen) atoms. The topological polar surface area (TPSA) is 69.6 Å². The highest BCUT2D eigenvalue weighted by molar-refractivity contribution is 7.07. The van der Waals surface area contributed by atoms with Crippen molar-refractivity contribution >= 4 is 29.0 Å². The van der Waals surface area contributed by atoms with Crippen LogP contribution in [-0.4, -0.2) is 29.1 Å². The summed E-state index contributed by atoms with van der Waals surface area (Å²) in [4.78, 5) is 24.8. The first-order valence-electron chi connectivity index (χ1n) is 6.35. The molecule has 0 saturated heterocycles. The van der Waals surface area contributed by atoms with Gasteiger partial charge in [-0.3, -0.25) is 0 Å². The molecular weight excluding hydrogens is 288 g/mol. The number of carboxylic acid groups (broad SMARTS) is 1. The number of carbonyl (C=O) groups is 2. The molecule has 0 unspecified atom stereocenters. The Morgan fingerprint density at radius 1 is 1.33 bits per heavy atom. The van der Waals surface area contributed by atoms with Gasteiger partial charge in [0.25, 0.3) is 0 Å². The summed E-state index contributed by atoms with van der Waals surface area (Å²) < 4.78 is 0. The Balaban J connectivity index is 2.09. The average molecular weight is 304 g/mol. The normalized spacial score (nSPS) is 10.2. The predicted molar refractivity (Wildman–Crippen MR) is 82.9 cm³/mol. The quantitative estimate of drug-likeness (QED) is 0.909. The molecule has 6 heteroatoms. The molecule has 2 aromatic rings. The van der Waals surface area contributed by atoms with Gasteiger partial charge in [0.1, 0.15) is 0 Å². The summed E-state index contributed by atoms with van der Waals surface area (Å²) in [5.74, 6) is -1.00. The van der Waals surface area contributed by atoms with Crippen LogP contribution in [0.1, 0.15) is 21.5 Å². The second kappa shape index (κ2) is 6.41. The molecular formula is C15H16N2O3S. The van der Waals surface area contributed by atoms with Crippen molar-refractivity contribution in [2.45, 2.75) is 13.5 Å². The van der Waals surface area contributed by atoms with Crippen molar-refractivity contribution in [2.75, 3.05) is 12.4 Å². The van der Waals surface area contributed by atoms with E-state index < -0.39 is 5.97 Å². The van der Waals surface area contributed by atoms with Gasteiger partial charge >= 0.3 is 12.0 Å². The molecule has 0 aliphatic rings. The number of hydrogen-bond acceptors (Lipinski definition) is 3. The molecule has 0 saturated carbocycles. The van der Waals surface area contributed by atoms with E-state index in [0.717, 1.165) is 5.56 Å². The Labute approximate surface area is 126 Å². The van der Waals surface area contributed by atoms with Crippen LogP contribution in [0.5, 0.6) is 0 Å². The van der Waals surface area contributed by atoms with Crippen LogP contribution in [0.25, 0.3) is 0 Å². The van der Waals surface area contributed by atoms with Crippen molar-refractivity contribution in [2.24, 2.45) is 0 Å². The Morgan fingerprint density at radius 2 is 2.10 bits per heavy atom. The fourth-order valence-electron chi connectivity index (χ4n) is 1.94. The van der Waals surface area contributed by atoms with Gasteiger partial charge in [-0.15, -0.1) is 0 Å². The molecule has 1 aromatic carbocycles. The highest BCUT2D eigenvalue weighted by Gasteiger charge is 2.14. The summed E-state index contributed by atoms with van der Waals surface area (Å²) in [6.45, 7) is 2.19. The van der Waals surface area contributed by atoms with Crippen molar-refractivity contribution in [3.05, 3.63) is 51.7 Å². The van der Waals surface area contributed by atoms with E-state index in [-0.39, 0.29) is 11.6 Å². The third-order valence-electron chi connectivity index (χ3n) is 3.15. The van der Waals surface area contributed by atoms with Crippen LogP contribution in [0.4, 0.5) is 10.5 Å². The van der Waals surface area contributed by atoms with E-state index in [0.29, 0.717) is 17.8 Å². The van der Waals surface area contributed by atoms with E-state index in [4.69, 9.17) is 5.11 Å². The number of hydrogen-bond donors (Lipinski definition) is 2. The molecule has 1 aromatic heterocycles. The van der Waals surface area contributed by atoms with Crippen LogP contribution in [0.2, 0.25) is 0 Å². The van der Waals surface area contributed by atoms with Crippen molar-refractivity contribution in [1.29, 1.82) is 0 Å². The van der Waals surface area contributed by atoms with E-state index in [2.05, 4.69) is 5.32 Å². The number of carbonyl (C=O) groups excluding carboxylic acids is 1. The minimum absolute atomic E-state index is 0.188. The summed E-state index contributed by atoms with van der Waals surface area (Å²) >= 11 is 1.58. The first-order chi connectivity index (χ1) is 9.99. The largest absolute Gasteiger partial charge is 0.478 e. The maximum absolute atomic E-state index is 12.1. The minimum atomic E-state index is -1.00. The summed E-state index contributed by atoms with van der Waals surface area (Å²) in [7, 11) is 1.70. The van der Waals surface area contributed by atoms with Crippen LogP contribution in [0.3, 0.4) is 0 Å². The molecule has 2 N–H and O–H groups in total. The molecule has 2 rings (SSSR count). The van der Waals surface area contributed by atoms with E-state index in [1.165, 1.54) is 6.07 Å². The molecule has 0 fully saturated rings. The van der Waals surface area contributed by atoms with Crippen LogP contribution in [0, 0.1) is 6.92 Å². The van der Waals surface area contributed by atoms with E-state index in [9.17, 15) is 9.59 Å². The van der Waals surface area contributed by atoms with Crippen molar-refractivity contribution in [1.82, 2.24) is 4.90 Å². The third kappa shape index (κ3) is 3.61. The summed E-state index contributed by atoms with van der Waals surface area (Å²) in [6.07, 6.45) is 0. The molecule has 0 atom stereocenters. The number of rotatable bonds is 4. The van der Waals surface area contributed by atoms with E-state index >= 15 is 0 Å². The molecule has 5 nitrogen and oxygen atoms in total. The predicted octanol–water partition coefficient (Wildman–Crippen LogP) is 3.42. The minimum Gasteiger partial charge on any atom is -0.478 e. The molecule has 1 heterocycles. The van der Waals surface area contributed by atoms with Gasteiger partial charge in [-0.25, -0.2) is 9.59 Å². The second-order valence-electron chi connectivity index (χ2n) is 4.70. The molecule has 0 aliphatic heterocycles. The zero-order chi connectivity index (χ0) is 15.4. The first kappa shape index (κ1) is 15.1. The van der Waals surface area contributed by atoms with Gasteiger partial charge in [-0.05, 0) is 47.0 Å². The highest BCUT2D eigenvalue weighted by Crippen LogP contribution is 2.19. The zero-order valence-corrected chi connectivity index (χ0v) is 12.6. The second-order valence-corrected chi connectivity index (χ2v) is 5.48. The van der Waals surface area contributed by atoms with Crippen molar-refractivity contribution < 1.29 is 14.7 Å². The lowest BCUT2D eigenvalue weighted by Gasteiger charge is -2.18. The van der Waals surface area contributed by atoms with E-state index in [1.807, 2.05) is 16.8 Å². The van der Waals surface area contributed by atoms with Crippen molar-refractivity contribution in [3.8, 4) is 0 Å². The number of urea groups is 1. The molecule has 0 bridgehead atoms. The number of nitrogens with zero attached hydrogens (tertiary/aromatic N) is 1. The average Bonchev–Trinajstić information content (AvgIpc) is 2.93. The maximum Gasteiger partial charge on any atom is 0.336 e. The highest BCUT2D eigenvalue weighted by atomic mass is 32.1. The SMILES string of the molecule is Cc1c(NC(=O)N(C)Cc2ccsc2)cccc1C(=O)O. The van der Waals surface area contributed by atoms with Crippen LogP contribution >= 0.6 is 11.3 Å². The summed E-state index contributed by atoms with van der Waals surface area (Å²) in [5, 5.41) is 15.8. The first-order valence-corrected chi connectivity index (χ1v) is 7.29. The Morgan fingerprint density at radius 3 is 2.71 bits per heavy atom. The van der Waals surface area contributed by atoms with E-state index in [1.54, 1.807) is 42.3 Å². The number of nitrogens with one attached hydrogen (secondary N) is 1. The monoisotopic (exact) mass is 304 g/mol. The third-order valence-corrected chi connectivity index (χ3v) is 3.88. The van der Waals surface area contributed by atoms with Gasteiger partial charge < -0.3 is 15.3 Å². The number of thiophene rings is 1. The smallest absolute Gasteiger partial charge is 0.336 e. The zero-order valence-electron chi connectivity index (χ0n) is 11.8. The van der Waals surface area contributed by atoms with Crippen LogP contribution in [-0.2, 0) is 6.54 Å². The Hall–Kier alpha value is -2.34. The van der Waals surface area contributed by atoms with Gasteiger partial charge in [0, 0.05) is 19.3 Å². The van der Waals surface area contributed by atoms with Gasteiger partial charge in [-0.2, -0.15) is 11.3 Å². The number of carboxylic acids is 1. The van der Waals surface area contributed by atoms with Gasteiger partial charge in [-0.1, -0.05) is 6.07 Å². The van der Waals surface area contributed by atoms with Crippen LogP contribution < -0.4 is 5.32 Å². The summed E-state index contributed by atoms with van der Waals surface area (Å²) in [6, 6.07) is 6.52. The molecule has 0 aliphatic carbocycles. The standard InChI is InChI=1S/C15H16N2O3S/c1-10-12(14(18)19)4-3-5-13(10)16-15(20)17(2)8-11-6-7-21-9-11/h3-7,9H,8H2,1-2H3,(H,16,20)(H,18,19). The lowest BCUT2D eigenvalue weighted by Crippen LogP contribution is -2.31. The fraction of sp³-hybridized carbons (Fsp3) is 0.200. The number of amides is 2. The van der Waals surface area contributed by atoms with Gasteiger partial charge in [0.15, 0.2) is 0 Å². The fourth-order valence-corrected chi connectivity index (χ4v) is 2.60. The maximum atomic E-state index is 12.1. The molecule has 2 amide bonds. The van der Waals surface area contributed by atoms with Crippen molar-refractivity contribution in [3.63, 3.8) is 0 Å². The van der Waals surface area contributed by atoms with Gasteiger partial charge in [0.2, 0.25) is 0 Å². The number of benzene rings is 1. The Kier molecular flexibility index (Phi) is 4.59. The number of anilines is 1. The summed E-state index contributed by atoms with van der Waals surface area (Å²) in [5.41, 5.74) is 2.31. The van der Waals surface area contributed by atoms with Gasteiger partial charge in [0.05, 0.1) is 5.56 Å². The lowest BCUT2D eigenvalue weighted by molar-refractivity contribution is 0.0696. The lowest BCUT2D eigenvalue weighted by atomic mass is 10.1. The van der Waals surface area contributed by atoms with Crippen LogP contribution in [0.15, 0.2) is 35.0 Å².